The minimum Gasteiger partial charge on any atom is -0.210 e. The Morgan fingerprint density at radius 1 is 1.14 bits per heavy atom. The van der Waals surface area contributed by atoms with Crippen LogP contribution in [0, 0.1) is 0 Å². The minimum atomic E-state index is -3.36. The molecular weight excluding hydrogens is 314 g/mol. The van der Waals surface area contributed by atoms with Crippen LogP contribution in [-0.4, -0.2) is 15.0 Å². The molecular formula is C17H21NO2S2. The molecule has 1 aromatic carbocycles. The summed E-state index contributed by atoms with van der Waals surface area (Å²) < 4.78 is 27.5. The fourth-order valence-corrected chi connectivity index (χ4v) is 4.84. The van der Waals surface area contributed by atoms with Crippen molar-refractivity contribution in [3.05, 3.63) is 52.4 Å². The molecule has 1 aliphatic rings. The Morgan fingerprint density at radius 2 is 1.86 bits per heavy atom. The molecule has 0 amide bonds. The summed E-state index contributed by atoms with van der Waals surface area (Å²) in [6.07, 6.45) is 4.20. The van der Waals surface area contributed by atoms with Gasteiger partial charge in [0.15, 0.2) is 0 Å². The molecule has 1 heterocycles. The largest absolute Gasteiger partial charge is 0.250 e. The van der Waals surface area contributed by atoms with Gasteiger partial charge in [-0.2, -0.15) is 0 Å². The zero-order chi connectivity index (χ0) is 15.6. The number of hydrogen-bond acceptors (Lipinski definition) is 3. The predicted octanol–water partition coefficient (Wildman–Crippen LogP) is 3.71. The molecule has 22 heavy (non-hydrogen) atoms. The van der Waals surface area contributed by atoms with Crippen molar-refractivity contribution in [2.45, 2.75) is 42.7 Å². The minimum absolute atomic E-state index is 0.411. The summed E-state index contributed by atoms with van der Waals surface area (Å²) in [5.41, 5.74) is 2.59. The maximum absolute atomic E-state index is 12.2. The van der Waals surface area contributed by atoms with Crippen LogP contribution in [0.3, 0.4) is 0 Å². The van der Waals surface area contributed by atoms with E-state index in [4.69, 9.17) is 0 Å². The van der Waals surface area contributed by atoms with Crippen molar-refractivity contribution < 1.29 is 8.42 Å². The first-order valence-corrected chi connectivity index (χ1v) is 10.1. The summed E-state index contributed by atoms with van der Waals surface area (Å²) >= 11 is 1.35. The summed E-state index contributed by atoms with van der Waals surface area (Å²) in [5.74, 6) is 0.763. The van der Waals surface area contributed by atoms with Gasteiger partial charge in [-0.15, -0.1) is 11.3 Å². The summed E-state index contributed by atoms with van der Waals surface area (Å²) in [7, 11) is -3.36. The smallest absolute Gasteiger partial charge is 0.210 e. The first kappa shape index (κ1) is 15.7. The number of hydrogen-bond donors (Lipinski definition) is 1. The van der Waals surface area contributed by atoms with Gasteiger partial charge in [0.2, 0.25) is 10.0 Å². The number of nitrogens with one attached hydrogen (secondary N) is 1. The third-order valence-corrected chi connectivity index (χ3v) is 7.17. The maximum Gasteiger partial charge on any atom is 0.250 e. The summed E-state index contributed by atoms with van der Waals surface area (Å²) in [6.45, 7) is 2.46. The van der Waals surface area contributed by atoms with Crippen LogP contribution in [0.25, 0.3) is 0 Å². The van der Waals surface area contributed by atoms with Crippen LogP contribution in [0.4, 0.5) is 0 Å². The van der Waals surface area contributed by atoms with Gasteiger partial charge in [0.25, 0.3) is 0 Å². The highest BCUT2D eigenvalue weighted by Crippen LogP contribution is 2.39. The molecule has 0 spiro atoms. The predicted molar refractivity (Wildman–Crippen MR) is 91.0 cm³/mol. The van der Waals surface area contributed by atoms with Gasteiger partial charge in [0, 0.05) is 11.4 Å². The summed E-state index contributed by atoms with van der Waals surface area (Å²) in [5, 5.41) is 0. The van der Waals surface area contributed by atoms with E-state index in [9.17, 15) is 8.42 Å². The zero-order valence-corrected chi connectivity index (χ0v) is 14.3. The fraction of sp³-hybridized carbons (Fsp3) is 0.412. The normalized spacial score (nSPS) is 15.1. The van der Waals surface area contributed by atoms with Crippen molar-refractivity contribution in [3.8, 4) is 0 Å². The van der Waals surface area contributed by atoms with Gasteiger partial charge in [-0.05, 0) is 54.9 Å². The zero-order valence-electron chi connectivity index (χ0n) is 12.7. The number of rotatable bonds is 7. The van der Waals surface area contributed by atoms with Gasteiger partial charge in [0.1, 0.15) is 4.21 Å². The third kappa shape index (κ3) is 3.77. The van der Waals surface area contributed by atoms with Gasteiger partial charge in [-0.25, -0.2) is 13.1 Å². The second-order valence-electron chi connectivity index (χ2n) is 5.74. The van der Waals surface area contributed by atoms with E-state index < -0.39 is 10.0 Å². The average Bonchev–Trinajstić information content (AvgIpc) is 3.24. The third-order valence-electron chi connectivity index (χ3n) is 3.98. The molecule has 1 fully saturated rings. The Kier molecular flexibility index (Phi) is 4.66. The van der Waals surface area contributed by atoms with Crippen LogP contribution in [0.15, 0.2) is 40.6 Å². The lowest BCUT2D eigenvalue weighted by atomic mass is 10.1. The topological polar surface area (TPSA) is 46.2 Å². The Hall–Kier alpha value is -1.17. The van der Waals surface area contributed by atoms with Crippen molar-refractivity contribution in [1.82, 2.24) is 4.72 Å². The standard InChI is InChI=1S/C17H21NO2S2/c1-2-16-9-10-17(21-16)22(19,20)18-12-11-13-3-5-14(6-4-13)15-7-8-15/h3-6,9-10,15,18H,2,7-8,11-12H2,1H3. The molecule has 0 bridgehead atoms. The Labute approximate surface area is 136 Å². The van der Waals surface area contributed by atoms with E-state index in [-0.39, 0.29) is 0 Å². The lowest BCUT2D eigenvalue weighted by Crippen LogP contribution is -2.25. The highest BCUT2D eigenvalue weighted by atomic mass is 32.2. The molecule has 2 aromatic rings. The second kappa shape index (κ2) is 6.52. The van der Waals surface area contributed by atoms with E-state index in [1.165, 1.54) is 35.3 Å². The highest BCUT2D eigenvalue weighted by molar-refractivity contribution is 7.91. The molecule has 1 N–H and O–H groups in total. The first-order chi connectivity index (χ1) is 10.6. The van der Waals surface area contributed by atoms with E-state index in [0.29, 0.717) is 10.8 Å². The Balaban J connectivity index is 1.55. The molecule has 0 radical (unpaired) electrons. The Bertz CT molecular complexity index is 728. The highest BCUT2D eigenvalue weighted by Gasteiger charge is 2.22. The van der Waals surface area contributed by atoms with Gasteiger partial charge < -0.3 is 0 Å². The average molecular weight is 335 g/mol. The summed E-state index contributed by atoms with van der Waals surface area (Å²) in [4.78, 5) is 1.09. The van der Waals surface area contributed by atoms with Crippen LogP contribution in [0.2, 0.25) is 0 Å². The summed E-state index contributed by atoms with van der Waals surface area (Å²) in [6, 6.07) is 12.2. The molecule has 118 valence electrons. The number of thiophene rings is 1. The molecule has 1 aromatic heterocycles. The number of aryl methyl sites for hydroxylation is 1. The maximum atomic E-state index is 12.2. The SMILES string of the molecule is CCc1ccc(S(=O)(=O)NCCc2ccc(C3CC3)cc2)s1. The molecule has 0 atom stereocenters. The number of benzene rings is 1. The molecule has 3 nitrogen and oxygen atoms in total. The van der Waals surface area contributed by atoms with Gasteiger partial charge in [0.05, 0.1) is 0 Å². The van der Waals surface area contributed by atoms with Crippen LogP contribution in [0.1, 0.15) is 41.7 Å². The van der Waals surface area contributed by atoms with E-state index in [1.807, 2.05) is 13.0 Å². The molecule has 1 saturated carbocycles. The molecule has 0 unspecified atom stereocenters. The lowest BCUT2D eigenvalue weighted by molar-refractivity contribution is 0.584. The number of sulfonamides is 1. The van der Waals surface area contributed by atoms with Crippen molar-refractivity contribution in [2.24, 2.45) is 0 Å². The molecule has 3 rings (SSSR count). The van der Waals surface area contributed by atoms with Crippen molar-refractivity contribution in [1.29, 1.82) is 0 Å². The fourth-order valence-electron chi connectivity index (χ4n) is 2.47. The van der Waals surface area contributed by atoms with Crippen LogP contribution < -0.4 is 4.72 Å². The van der Waals surface area contributed by atoms with Gasteiger partial charge >= 0.3 is 0 Å². The van der Waals surface area contributed by atoms with Crippen LogP contribution >= 0.6 is 11.3 Å². The van der Waals surface area contributed by atoms with Crippen LogP contribution in [0.5, 0.6) is 0 Å². The monoisotopic (exact) mass is 335 g/mol. The van der Waals surface area contributed by atoms with Crippen LogP contribution in [-0.2, 0) is 22.9 Å². The van der Waals surface area contributed by atoms with E-state index in [2.05, 4.69) is 29.0 Å². The molecule has 1 aliphatic carbocycles. The van der Waals surface area contributed by atoms with E-state index >= 15 is 0 Å². The van der Waals surface area contributed by atoms with Crippen molar-refractivity contribution in [2.75, 3.05) is 6.54 Å². The quantitative estimate of drug-likeness (QED) is 0.838. The van der Waals surface area contributed by atoms with Crippen molar-refractivity contribution in [3.63, 3.8) is 0 Å². The Morgan fingerprint density at radius 3 is 2.45 bits per heavy atom. The molecule has 5 heteroatoms. The van der Waals surface area contributed by atoms with Gasteiger partial charge in [-0.3, -0.25) is 0 Å². The molecule has 0 saturated heterocycles. The van der Waals surface area contributed by atoms with E-state index in [0.717, 1.165) is 23.6 Å². The van der Waals surface area contributed by atoms with Gasteiger partial charge in [-0.1, -0.05) is 31.2 Å². The first-order valence-electron chi connectivity index (χ1n) is 7.75. The molecule has 0 aliphatic heterocycles. The lowest BCUT2D eigenvalue weighted by Gasteiger charge is -2.06. The van der Waals surface area contributed by atoms with Crippen molar-refractivity contribution >= 4 is 21.4 Å². The van der Waals surface area contributed by atoms with E-state index in [1.54, 1.807) is 6.07 Å². The second-order valence-corrected chi connectivity index (χ2v) is 8.90.